The Balaban J connectivity index is 1.22. The fourth-order valence-electron chi connectivity index (χ4n) is 4.29. The highest BCUT2D eigenvalue weighted by Crippen LogP contribution is 2.29. The molecule has 6 rings (SSSR count). The molecule has 3 aromatic heterocycles. The van der Waals surface area contributed by atoms with Crippen molar-refractivity contribution in [2.45, 2.75) is 6.92 Å². The van der Waals surface area contributed by atoms with E-state index < -0.39 is 0 Å². The van der Waals surface area contributed by atoms with Crippen LogP contribution in [-0.2, 0) is 11.8 Å². The van der Waals surface area contributed by atoms with Crippen LogP contribution in [-0.4, -0.2) is 60.8 Å². The number of rotatable bonds is 5. The van der Waals surface area contributed by atoms with E-state index in [4.69, 9.17) is 9.72 Å². The van der Waals surface area contributed by atoms with Crippen LogP contribution in [0.4, 0.5) is 17.6 Å². The van der Waals surface area contributed by atoms with Gasteiger partial charge in [-0.2, -0.15) is 10.1 Å². The first kappa shape index (κ1) is 21.2. The summed E-state index contributed by atoms with van der Waals surface area (Å²) in [5.74, 6) is 1.27. The Bertz CT molecular complexity index is 1480. The SMILES string of the molecule is Cc1c(-c2cnn(C)c2)ccc2cnc(Nc3ccc(-n4cnc(N5CCOCC5)n4)cc3)nc12. The number of fused-ring (bicyclic) bond motifs is 1. The van der Waals surface area contributed by atoms with Gasteiger partial charge < -0.3 is 15.0 Å². The monoisotopic (exact) mass is 467 g/mol. The maximum atomic E-state index is 5.41. The fraction of sp³-hybridized carbons (Fsp3) is 0.240. The Morgan fingerprint density at radius 2 is 1.80 bits per heavy atom. The lowest BCUT2D eigenvalue weighted by molar-refractivity contribution is 0.122. The minimum Gasteiger partial charge on any atom is -0.378 e. The number of nitrogens with zero attached hydrogens (tertiary/aromatic N) is 8. The van der Waals surface area contributed by atoms with Crippen molar-refractivity contribution < 1.29 is 4.74 Å². The van der Waals surface area contributed by atoms with Gasteiger partial charge in [-0.15, -0.1) is 5.10 Å². The molecule has 35 heavy (non-hydrogen) atoms. The maximum absolute atomic E-state index is 5.41. The molecule has 0 unspecified atom stereocenters. The Hall–Kier alpha value is -4.31. The Morgan fingerprint density at radius 3 is 2.57 bits per heavy atom. The van der Waals surface area contributed by atoms with E-state index in [9.17, 15) is 0 Å². The van der Waals surface area contributed by atoms with Crippen LogP contribution in [0.2, 0.25) is 0 Å². The van der Waals surface area contributed by atoms with Crippen molar-refractivity contribution in [1.29, 1.82) is 0 Å². The molecule has 1 N–H and O–H groups in total. The summed E-state index contributed by atoms with van der Waals surface area (Å²) in [6.07, 6.45) is 7.47. The molecule has 0 radical (unpaired) electrons. The molecule has 1 saturated heterocycles. The zero-order chi connectivity index (χ0) is 23.8. The molecule has 0 amide bonds. The van der Waals surface area contributed by atoms with Crippen LogP contribution in [0.3, 0.4) is 0 Å². The number of morpholine rings is 1. The molecule has 4 heterocycles. The molecule has 0 saturated carbocycles. The first-order chi connectivity index (χ1) is 17.1. The van der Waals surface area contributed by atoms with Gasteiger partial charge in [0.15, 0.2) is 0 Å². The van der Waals surface area contributed by atoms with Gasteiger partial charge in [-0.05, 0) is 42.3 Å². The number of ether oxygens (including phenoxy) is 1. The molecular weight excluding hydrogens is 442 g/mol. The number of aryl methyl sites for hydroxylation is 2. The fourth-order valence-corrected chi connectivity index (χ4v) is 4.29. The Kier molecular flexibility index (Phi) is 5.34. The minimum atomic E-state index is 0.548. The van der Waals surface area contributed by atoms with E-state index >= 15 is 0 Å². The van der Waals surface area contributed by atoms with Crippen LogP contribution in [0.5, 0.6) is 0 Å². The number of hydrogen-bond donors (Lipinski definition) is 1. The first-order valence-corrected chi connectivity index (χ1v) is 11.5. The van der Waals surface area contributed by atoms with E-state index in [0.717, 1.165) is 58.0 Å². The van der Waals surface area contributed by atoms with Crippen LogP contribution in [0, 0.1) is 6.92 Å². The summed E-state index contributed by atoms with van der Waals surface area (Å²) >= 11 is 0. The van der Waals surface area contributed by atoms with Gasteiger partial charge in [-0.3, -0.25) is 4.68 Å². The van der Waals surface area contributed by atoms with Crippen LogP contribution in [0.25, 0.3) is 27.7 Å². The summed E-state index contributed by atoms with van der Waals surface area (Å²) in [7, 11) is 1.92. The molecule has 0 atom stereocenters. The summed E-state index contributed by atoms with van der Waals surface area (Å²) < 4.78 is 8.99. The predicted molar refractivity (Wildman–Crippen MR) is 134 cm³/mol. The van der Waals surface area contributed by atoms with E-state index in [0.29, 0.717) is 19.2 Å². The van der Waals surface area contributed by atoms with Gasteiger partial charge in [0, 0.05) is 49.2 Å². The molecule has 176 valence electrons. The number of nitrogens with one attached hydrogen (secondary N) is 1. The highest BCUT2D eigenvalue weighted by molar-refractivity contribution is 5.88. The van der Waals surface area contributed by atoms with Gasteiger partial charge in [0.05, 0.1) is 30.6 Å². The summed E-state index contributed by atoms with van der Waals surface area (Å²) in [5, 5.41) is 13.2. The first-order valence-electron chi connectivity index (χ1n) is 11.5. The molecule has 0 aliphatic carbocycles. The molecule has 5 aromatic rings. The lowest BCUT2D eigenvalue weighted by atomic mass is 10.0. The van der Waals surface area contributed by atoms with Crippen molar-refractivity contribution >= 4 is 28.5 Å². The number of benzene rings is 2. The van der Waals surface area contributed by atoms with Crippen molar-refractivity contribution in [3.8, 4) is 16.8 Å². The quantitative estimate of drug-likeness (QED) is 0.419. The third kappa shape index (κ3) is 4.19. The smallest absolute Gasteiger partial charge is 0.245 e. The zero-order valence-corrected chi connectivity index (χ0v) is 19.6. The Morgan fingerprint density at radius 1 is 0.971 bits per heavy atom. The van der Waals surface area contributed by atoms with Crippen LogP contribution < -0.4 is 10.2 Å². The number of aromatic nitrogens is 7. The van der Waals surface area contributed by atoms with Gasteiger partial charge in [0.25, 0.3) is 0 Å². The highest BCUT2D eigenvalue weighted by atomic mass is 16.5. The standard InChI is InChI=1S/C25H25N9O/c1-17-22(19-14-28-32(2)15-19)8-3-18-13-26-24(30-23(17)18)29-20-4-6-21(7-5-20)34-16-27-25(31-34)33-9-11-35-12-10-33/h3-8,13-16H,9-12H2,1-2H3,(H,26,29,30). The molecule has 10 heteroatoms. The molecule has 0 spiro atoms. The van der Waals surface area contributed by atoms with Crippen molar-refractivity contribution in [3.05, 3.63) is 66.9 Å². The second kappa shape index (κ2) is 8.80. The van der Waals surface area contributed by atoms with Crippen LogP contribution in [0.15, 0.2) is 61.3 Å². The van der Waals surface area contributed by atoms with E-state index in [1.165, 1.54) is 0 Å². The molecule has 1 fully saturated rings. The topological polar surface area (TPSA) is 98.8 Å². The lowest BCUT2D eigenvalue weighted by Crippen LogP contribution is -2.37. The van der Waals surface area contributed by atoms with Crippen LogP contribution in [0.1, 0.15) is 5.56 Å². The summed E-state index contributed by atoms with van der Waals surface area (Å²) in [6.45, 7) is 5.11. The molecule has 1 aliphatic rings. The summed E-state index contributed by atoms with van der Waals surface area (Å²) in [4.78, 5) is 15.9. The van der Waals surface area contributed by atoms with Gasteiger partial charge in [0.1, 0.15) is 6.33 Å². The van der Waals surface area contributed by atoms with Crippen molar-refractivity contribution in [3.63, 3.8) is 0 Å². The minimum absolute atomic E-state index is 0.548. The number of anilines is 3. The van der Waals surface area contributed by atoms with Gasteiger partial charge in [0.2, 0.25) is 11.9 Å². The second-order valence-electron chi connectivity index (χ2n) is 8.53. The third-order valence-corrected chi connectivity index (χ3v) is 6.18. The maximum Gasteiger partial charge on any atom is 0.245 e. The molecule has 2 aromatic carbocycles. The van der Waals surface area contributed by atoms with E-state index in [1.54, 1.807) is 15.7 Å². The molecule has 1 aliphatic heterocycles. The summed E-state index contributed by atoms with van der Waals surface area (Å²) in [5.41, 5.74) is 6.02. The Labute approximate surface area is 202 Å². The third-order valence-electron chi connectivity index (χ3n) is 6.18. The highest BCUT2D eigenvalue weighted by Gasteiger charge is 2.15. The predicted octanol–water partition coefficient (Wildman–Crippen LogP) is 3.50. The van der Waals surface area contributed by atoms with Gasteiger partial charge >= 0.3 is 0 Å². The summed E-state index contributed by atoms with van der Waals surface area (Å²) in [6, 6.07) is 12.1. The zero-order valence-electron chi connectivity index (χ0n) is 19.6. The normalized spacial score (nSPS) is 13.9. The second-order valence-corrected chi connectivity index (χ2v) is 8.53. The van der Waals surface area contributed by atoms with E-state index in [2.05, 4.69) is 43.4 Å². The molecule has 0 bridgehead atoms. The average Bonchev–Trinajstić information content (AvgIpc) is 3.55. The van der Waals surface area contributed by atoms with Gasteiger partial charge in [-0.25, -0.2) is 14.6 Å². The van der Waals surface area contributed by atoms with E-state index in [-0.39, 0.29) is 0 Å². The molecule has 10 nitrogen and oxygen atoms in total. The van der Waals surface area contributed by atoms with Crippen molar-refractivity contribution in [2.24, 2.45) is 7.05 Å². The largest absolute Gasteiger partial charge is 0.378 e. The van der Waals surface area contributed by atoms with Crippen molar-refractivity contribution in [1.82, 2.24) is 34.5 Å². The average molecular weight is 468 g/mol. The van der Waals surface area contributed by atoms with E-state index in [1.807, 2.05) is 56.0 Å². The number of hydrogen-bond acceptors (Lipinski definition) is 8. The lowest BCUT2D eigenvalue weighted by Gasteiger charge is -2.25. The van der Waals surface area contributed by atoms with Crippen LogP contribution >= 0.6 is 0 Å². The molecular formula is C25H25N9O. The van der Waals surface area contributed by atoms with Gasteiger partial charge in [-0.1, -0.05) is 12.1 Å². The van der Waals surface area contributed by atoms with Crippen molar-refractivity contribution in [2.75, 3.05) is 36.5 Å².